The standard InChI is InChI=1S/C18H23N3O4S/c1-25-18(22)13-9-14(10-13)26(23,24)21-7-4-12(5-8-21)16-11-20-17-15(16)3-2-6-19-17/h2-3,6,11-14H,4-5,7-10H2,1H3,(H,19,20). The predicted octanol–water partition coefficient (Wildman–Crippen LogP) is 2.02. The van der Waals surface area contributed by atoms with Gasteiger partial charge in [-0.25, -0.2) is 17.7 Å². The molecule has 1 N–H and O–H groups in total. The molecule has 0 aromatic carbocycles. The third-order valence-corrected chi connectivity index (χ3v) is 8.10. The molecule has 1 saturated carbocycles. The lowest BCUT2D eigenvalue weighted by Gasteiger charge is -2.39. The van der Waals surface area contributed by atoms with Gasteiger partial charge in [0.2, 0.25) is 10.0 Å². The Morgan fingerprint density at radius 1 is 1.31 bits per heavy atom. The molecule has 1 saturated heterocycles. The average Bonchev–Trinajstić information content (AvgIpc) is 3.04. The lowest BCUT2D eigenvalue weighted by atomic mass is 9.85. The van der Waals surface area contributed by atoms with Crippen molar-refractivity contribution in [2.45, 2.75) is 36.9 Å². The third-order valence-electron chi connectivity index (χ3n) is 5.79. The highest BCUT2D eigenvalue weighted by atomic mass is 32.2. The summed E-state index contributed by atoms with van der Waals surface area (Å²) in [6.45, 7) is 1.05. The van der Waals surface area contributed by atoms with Crippen molar-refractivity contribution in [1.29, 1.82) is 0 Å². The van der Waals surface area contributed by atoms with Crippen LogP contribution in [0.4, 0.5) is 0 Å². The SMILES string of the molecule is COC(=O)C1CC(S(=O)(=O)N2CCC(c3c[nH]c4ncccc34)CC2)C1. The minimum absolute atomic E-state index is 0.268. The van der Waals surface area contributed by atoms with Gasteiger partial charge in [-0.05, 0) is 49.3 Å². The molecule has 7 nitrogen and oxygen atoms in total. The van der Waals surface area contributed by atoms with Gasteiger partial charge in [0.25, 0.3) is 0 Å². The molecular weight excluding hydrogens is 354 g/mol. The summed E-state index contributed by atoms with van der Waals surface area (Å²) in [7, 11) is -1.99. The van der Waals surface area contributed by atoms with Crippen LogP contribution < -0.4 is 0 Å². The van der Waals surface area contributed by atoms with Gasteiger partial charge in [-0.2, -0.15) is 0 Å². The first-order valence-corrected chi connectivity index (χ1v) is 10.5. The molecule has 140 valence electrons. The van der Waals surface area contributed by atoms with Gasteiger partial charge in [-0.15, -0.1) is 0 Å². The fourth-order valence-corrected chi connectivity index (χ4v) is 6.21. The number of carbonyl (C=O) groups excluding carboxylic acids is 1. The van der Waals surface area contributed by atoms with E-state index in [1.165, 1.54) is 12.7 Å². The number of fused-ring (bicyclic) bond motifs is 1. The fourth-order valence-electron chi connectivity index (χ4n) is 4.11. The number of methoxy groups -OCH3 is 1. The van der Waals surface area contributed by atoms with Crippen molar-refractivity contribution in [1.82, 2.24) is 14.3 Å². The molecule has 0 unspecified atom stereocenters. The Balaban J connectivity index is 1.40. The number of esters is 1. The first-order valence-electron chi connectivity index (χ1n) is 8.99. The summed E-state index contributed by atoms with van der Waals surface area (Å²) in [6.07, 6.45) is 6.12. The van der Waals surface area contributed by atoms with Gasteiger partial charge in [0.15, 0.2) is 0 Å². The number of aromatic amines is 1. The second kappa shape index (κ2) is 6.66. The molecule has 2 aromatic rings. The number of piperidine rings is 1. The molecule has 2 fully saturated rings. The Labute approximate surface area is 152 Å². The van der Waals surface area contributed by atoms with E-state index < -0.39 is 15.3 Å². The molecule has 0 spiro atoms. The molecule has 1 aliphatic heterocycles. The van der Waals surface area contributed by atoms with Crippen LogP contribution in [0.25, 0.3) is 11.0 Å². The Morgan fingerprint density at radius 2 is 2.04 bits per heavy atom. The smallest absolute Gasteiger partial charge is 0.308 e. The summed E-state index contributed by atoms with van der Waals surface area (Å²) in [5.74, 6) is -0.234. The van der Waals surface area contributed by atoms with E-state index in [-0.39, 0.29) is 11.9 Å². The molecule has 0 atom stereocenters. The van der Waals surface area contributed by atoms with Crippen LogP contribution in [0.5, 0.6) is 0 Å². The summed E-state index contributed by atoms with van der Waals surface area (Å²) in [5, 5.41) is 0.675. The highest BCUT2D eigenvalue weighted by Crippen LogP contribution is 2.38. The molecule has 8 heteroatoms. The van der Waals surface area contributed by atoms with Gasteiger partial charge >= 0.3 is 5.97 Å². The van der Waals surface area contributed by atoms with Crippen molar-refractivity contribution in [3.05, 3.63) is 30.1 Å². The van der Waals surface area contributed by atoms with Crippen molar-refractivity contribution in [2.75, 3.05) is 20.2 Å². The number of hydrogen-bond acceptors (Lipinski definition) is 5. The van der Waals surface area contributed by atoms with Crippen LogP contribution in [0.1, 0.15) is 37.2 Å². The number of carbonyl (C=O) groups is 1. The number of hydrogen-bond donors (Lipinski definition) is 1. The largest absolute Gasteiger partial charge is 0.469 e. The lowest BCUT2D eigenvalue weighted by molar-refractivity contribution is -0.148. The van der Waals surface area contributed by atoms with E-state index in [9.17, 15) is 13.2 Å². The van der Waals surface area contributed by atoms with E-state index >= 15 is 0 Å². The minimum atomic E-state index is -3.33. The van der Waals surface area contributed by atoms with Crippen molar-refractivity contribution < 1.29 is 17.9 Å². The number of nitrogens with zero attached hydrogens (tertiary/aromatic N) is 2. The molecule has 26 heavy (non-hydrogen) atoms. The molecule has 3 heterocycles. The Hall–Kier alpha value is -1.93. The molecule has 2 aromatic heterocycles. The number of ether oxygens (including phenoxy) is 1. The van der Waals surface area contributed by atoms with Gasteiger partial charge in [0.05, 0.1) is 18.3 Å². The highest BCUT2D eigenvalue weighted by Gasteiger charge is 2.45. The van der Waals surface area contributed by atoms with E-state index in [0.29, 0.717) is 31.8 Å². The predicted molar refractivity (Wildman–Crippen MR) is 97.1 cm³/mol. The van der Waals surface area contributed by atoms with E-state index in [1.54, 1.807) is 10.5 Å². The van der Waals surface area contributed by atoms with E-state index in [2.05, 4.69) is 16.0 Å². The summed E-state index contributed by atoms with van der Waals surface area (Å²) in [5.41, 5.74) is 2.10. The summed E-state index contributed by atoms with van der Waals surface area (Å²) in [6, 6.07) is 3.98. The van der Waals surface area contributed by atoms with Crippen molar-refractivity contribution >= 4 is 27.0 Å². The zero-order valence-electron chi connectivity index (χ0n) is 14.7. The van der Waals surface area contributed by atoms with E-state index in [0.717, 1.165) is 23.9 Å². The second-order valence-electron chi connectivity index (χ2n) is 7.18. The van der Waals surface area contributed by atoms with Gasteiger partial charge in [0, 0.05) is 30.9 Å². The maximum Gasteiger partial charge on any atom is 0.308 e. The number of pyridine rings is 1. The zero-order valence-corrected chi connectivity index (χ0v) is 15.5. The van der Waals surface area contributed by atoms with Crippen LogP contribution in [0.15, 0.2) is 24.5 Å². The van der Waals surface area contributed by atoms with Crippen LogP contribution in [-0.4, -0.2) is 54.1 Å². The number of sulfonamides is 1. The molecule has 0 amide bonds. The fraction of sp³-hybridized carbons (Fsp3) is 0.556. The van der Waals surface area contributed by atoms with Crippen LogP contribution in [0.2, 0.25) is 0 Å². The lowest BCUT2D eigenvalue weighted by Crippen LogP contribution is -2.49. The van der Waals surface area contributed by atoms with Crippen molar-refractivity contribution in [3.8, 4) is 0 Å². The topological polar surface area (TPSA) is 92.4 Å². The Kier molecular flexibility index (Phi) is 4.48. The summed E-state index contributed by atoms with van der Waals surface area (Å²) in [4.78, 5) is 19.0. The van der Waals surface area contributed by atoms with Crippen LogP contribution in [-0.2, 0) is 19.6 Å². The Bertz CT molecular complexity index is 909. The van der Waals surface area contributed by atoms with Gasteiger partial charge in [0.1, 0.15) is 5.65 Å². The van der Waals surface area contributed by atoms with Crippen LogP contribution >= 0.6 is 0 Å². The molecule has 1 aliphatic carbocycles. The number of H-pyrrole nitrogens is 1. The first kappa shape index (κ1) is 17.5. The monoisotopic (exact) mass is 377 g/mol. The first-order chi connectivity index (χ1) is 12.5. The maximum absolute atomic E-state index is 12.8. The van der Waals surface area contributed by atoms with Crippen LogP contribution in [0.3, 0.4) is 0 Å². The minimum Gasteiger partial charge on any atom is -0.469 e. The zero-order chi connectivity index (χ0) is 18.3. The van der Waals surface area contributed by atoms with Crippen molar-refractivity contribution in [2.24, 2.45) is 5.92 Å². The molecule has 4 rings (SSSR count). The van der Waals surface area contributed by atoms with Gasteiger partial charge in [-0.1, -0.05) is 0 Å². The van der Waals surface area contributed by atoms with Crippen molar-refractivity contribution in [3.63, 3.8) is 0 Å². The highest BCUT2D eigenvalue weighted by molar-refractivity contribution is 7.89. The average molecular weight is 377 g/mol. The molecular formula is C18H23N3O4S. The number of rotatable bonds is 4. The quantitative estimate of drug-likeness (QED) is 0.823. The maximum atomic E-state index is 12.8. The summed E-state index contributed by atoms with van der Waals surface area (Å²) < 4.78 is 31.9. The molecule has 0 bridgehead atoms. The Morgan fingerprint density at radius 3 is 2.73 bits per heavy atom. The summed E-state index contributed by atoms with van der Waals surface area (Å²) >= 11 is 0. The normalized spacial score (nSPS) is 25.1. The number of nitrogens with one attached hydrogen (secondary N) is 1. The van der Waals surface area contributed by atoms with Gasteiger partial charge < -0.3 is 9.72 Å². The van der Waals surface area contributed by atoms with Gasteiger partial charge in [-0.3, -0.25) is 4.79 Å². The van der Waals surface area contributed by atoms with E-state index in [4.69, 9.17) is 4.74 Å². The third kappa shape index (κ3) is 2.91. The van der Waals surface area contributed by atoms with E-state index in [1.807, 2.05) is 12.3 Å². The second-order valence-corrected chi connectivity index (χ2v) is 9.39. The number of aromatic nitrogens is 2. The molecule has 2 aliphatic rings. The van der Waals surface area contributed by atoms with Crippen LogP contribution in [0, 0.1) is 5.92 Å². The molecule has 0 radical (unpaired) electrons.